The minimum absolute atomic E-state index is 0.0509. The van der Waals surface area contributed by atoms with Gasteiger partial charge in [0.05, 0.1) is 23.6 Å². The summed E-state index contributed by atoms with van der Waals surface area (Å²) in [5.74, 6) is 0.708. The standard InChI is InChI=1S/C25H23F3N4O4/c1-35-19-9-10-20-21(12-19)29-14-30-23(20)36-18-7-5-16(6-8-18)32-22(33)13-31(24(32)34)17-4-2-3-15(11-17)25(26,27)28/h2-4,9-12,14,16,18H,5-8,13H2,1H3. The molecule has 1 aliphatic heterocycles. The monoisotopic (exact) mass is 500 g/mol. The molecule has 1 saturated heterocycles. The zero-order chi connectivity index (χ0) is 25.4. The van der Waals surface area contributed by atoms with Crippen molar-refractivity contribution in [2.24, 2.45) is 0 Å². The number of benzene rings is 2. The molecule has 5 rings (SSSR count). The molecule has 3 aromatic rings. The number of nitrogens with zero attached hydrogens (tertiary/aromatic N) is 4. The summed E-state index contributed by atoms with van der Waals surface area (Å²) in [5, 5.41) is 0.752. The largest absolute Gasteiger partial charge is 0.497 e. The second-order valence-corrected chi connectivity index (χ2v) is 8.79. The van der Waals surface area contributed by atoms with Crippen LogP contribution in [0.15, 0.2) is 48.8 Å². The van der Waals surface area contributed by atoms with Crippen molar-refractivity contribution in [3.05, 3.63) is 54.4 Å². The molecule has 0 unspecified atom stereocenters. The highest BCUT2D eigenvalue weighted by Crippen LogP contribution is 2.35. The predicted molar refractivity (Wildman–Crippen MR) is 124 cm³/mol. The van der Waals surface area contributed by atoms with Gasteiger partial charge in [0.15, 0.2) is 0 Å². The van der Waals surface area contributed by atoms with Crippen LogP contribution in [0, 0.1) is 0 Å². The number of fused-ring (bicyclic) bond motifs is 1. The smallest absolute Gasteiger partial charge is 0.416 e. The molecule has 11 heteroatoms. The highest BCUT2D eigenvalue weighted by atomic mass is 19.4. The Morgan fingerprint density at radius 1 is 1.00 bits per heavy atom. The Kier molecular flexibility index (Phi) is 6.15. The molecule has 8 nitrogen and oxygen atoms in total. The normalized spacial score (nSPS) is 20.8. The molecule has 1 aliphatic carbocycles. The molecule has 0 N–H and O–H groups in total. The predicted octanol–water partition coefficient (Wildman–Crippen LogP) is 4.82. The Labute approximate surface area is 204 Å². The molecule has 2 aromatic carbocycles. The Balaban J connectivity index is 1.25. The maximum atomic E-state index is 13.1. The first kappa shape index (κ1) is 23.8. The number of urea groups is 1. The summed E-state index contributed by atoms with van der Waals surface area (Å²) in [5.41, 5.74) is -0.127. The fourth-order valence-corrected chi connectivity index (χ4v) is 4.74. The van der Waals surface area contributed by atoms with Crippen LogP contribution in [0.25, 0.3) is 10.9 Å². The zero-order valence-corrected chi connectivity index (χ0v) is 19.4. The van der Waals surface area contributed by atoms with Crippen molar-refractivity contribution in [2.75, 3.05) is 18.6 Å². The van der Waals surface area contributed by atoms with Crippen molar-refractivity contribution in [1.29, 1.82) is 0 Å². The molecule has 3 amide bonds. The van der Waals surface area contributed by atoms with Crippen molar-refractivity contribution in [1.82, 2.24) is 14.9 Å². The van der Waals surface area contributed by atoms with Gasteiger partial charge < -0.3 is 9.47 Å². The Bertz CT molecular complexity index is 1310. The van der Waals surface area contributed by atoms with Gasteiger partial charge in [-0.25, -0.2) is 14.8 Å². The van der Waals surface area contributed by atoms with Crippen molar-refractivity contribution in [2.45, 2.75) is 44.0 Å². The first-order valence-corrected chi connectivity index (χ1v) is 11.5. The van der Waals surface area contributed by atoms with E-state index >= 15 is 0 Å². The van der Waals surface area contributed by atoms with Gasteiger partial charge >= 0.3 is 12.2 Å². The second-order valence-electron chi connectivity index (χ2n) is 8.79. The first-order chi connectivity index (χ1) is 17.2. The van der Waals surface area contributed by atoms with Crippen molar-refractivity contribution in [3.8, 4) is 11.6 Å². The van der Waals surface area contributed by atoms with E-state index in [0.29, 0.717) is 42.8 Å². The van der Waals surface area contributed by atoms with Crippen LogP contribution < -0.4 is 14.4 Å². The number of ether oxygens (including phenoxy) is 2. The lowest BCUT2D eigenvalue weighted by Crippen LogP contribution is -2.44. The number of imide groups is 1. The lowest BCUT2D eigenvalue weighted by atomic mass is 9.92. The van der Waals surface area contributed by atoms with E-state index < -0.39 is 23.7 Å². The highest BCUT2D eigenvalue weighted by Gasteiger charge is 2.43. The molecule has 0 radical (unpaired) electrons. The van der Waals surface area contributed by atoms with Gasteiger partial charge in [-0.1, -0.05) is 6.07 Å². The molecule has 36 heavy (non-hydrogen) atoms. The third-order valence-electron chi connectivity index (χ3n) is 6.58. The van der Waals surface area contributed by atoms with E-state index in [1.54, 1.807) is 19.2 Å². The fraction of sp³-hybridized carbons (Fsp3) is 0.360. The molecule has 2 aliphatic rings. The number of alkyl halides is 3. The quantitative estimate of drug-likeness (QED) is 0.468. The van der Waals surface area contributed by atoms with Crippen molar-refractivity contribution >= 4 is 28.5 Å². The number of methoxy groups -OCH3 is 1. The van der Waals surface area contributed by atoms with Crippen LogP contribution in [0.1, 0.15) is 31.2 Å². The summed E-state index contributed by atoms with van der Waals surface area (Å²) >= 11 is 0. The Hall–Kier alpha value is -3.89. The summed E-state index contributed by atoms with van der Waals surface area (Å²) in [6.45, 7) is -0.285. The summed E-state index contributed by atoms with van der Waals surface area (Å²) in [4.78, 5) is 36.5. The Morgan fingerprint density at radius 2 is 1.78 bits per heavy atom. The van der Waals surface area contributed by atoms with Gasteiger partial charge in [0.1, 0.15) is 24.7 Å². The van der Waals surface area contributed by atoms with Gasteiger partial charge in [-0.3, -0.25) is 14.6 Å². The number of carbonyl (C=O) groups is 2. The van der Waals surface area contributed by atoms with Gasteiger partial charge in [0.25, 0.3) is 5.91 Å². The van der Waals surface area contributed by atoms with Crippen LogP contribution in [-0.4, -0.2) is 52.6 Å². The lowest BCUT2D eigenvalue weighted by molar-refractivity contribution is -0.137. The summed E-state index contributed by atoms with van der Waals surface area (Å²) in [6, 6.07) is 8.94. The Morgan fingerprint density at radius 3 is 2.50 bits per heavy atom. The van der Waals surface area contributed by atoms with Crippen LogP contribution in [0.4, 0.5) is 23.7 Å². The van der Waals surface area contributed by atoms with Crippen molar-refractivity contribution < 1.29 is 32.2 Å². The van der Waals surface area contributed by atoms with E-state index in [4.69, 9.17) is 9.47 Å². The maximum absolute atomic E-state index is 13.1. The number of hydrogen-bond acceptors (Lipinski definition) is 6. The van der Waals surface area contributed by atoms with Gasteiger partial charge in [-0.05, 0) is 56.0 Å². The average molecular weight is 500 g/mol. The number of halogens is 3. The number of rotatable bonds is 5. The van der Waals surface area contributed by atoms with Gasteiger partial charge in [0.2, 0.25) is 5.88 Å². The van der Waals surface area contributed by atoms with E-state index in [0.717, 1.165) is 22.4 Å². The van der Waals surface area contributed by atoms with E-state index in [9.17, 15) is 22.8 Å². The van der Waals surface area contributed by atoms with Crippen LogP contribution in [0.5, 0.6) is 11.6 Å². The fourth-order valence-electron chi connectivity index (χ4n) is 4.74. The number of amides is 3. The van der Waals surface area contributed by atoms with E-state index in [1.807, 2.05) is 6.07 Å². The zero-order valence-electron chi connectivity index (χ0n) is 19.4. The number of carbonyl (C=O) groups excluding carboxylic acids is 2. The molecular formula is C25H23F3N4O4. The minimum atomic E-state index is -4.54. The maximum Gasteiger partial charge on any atom is 0.416 e. The molecule has 0 atom stereocenters. The third-order valence-corrected chi connectivity index (χ3v) is 6.58. The highest BCUT2D eigenvalue weighted by molar-refractivity contribution is 6.12. The van der Waals surface area contributed by atoms with Gasteiger partial charge in [-0.2, -0.15) is 13.2 Å². The first-order valence-electron chi connectivity index (χ1n) is 11.5. The van der Waals surface area contributed by atoms with Crippen LogP contribution in [0.3, 0.4) is 0 Å². The number of anilines is 1. The van der Waals surface area contributed by atoms with Crippen LogP contribution >= 0.6 is 0 Å². The molecule has 1 aromatic heterocycles. The van der Waals surface area contributed by atoms with E-state index in [1.165, 1.54) is 23.4 Å². The van der Waals surface area contributed by atoms with Crippen LogP contribution in [-0.2, 0) is 11.0 Å². The van der Waals surface area contributed by atoms with E-state index in [-0.39, 0.29) is 24.4 Å². The number of aromatic nitrogens is 2. The van der Waals surface area contributed by atoms with Crippen LogP contribution in [0.2, 0.25) is 0 Å². The average Bonchev–Trinajstić information content (AvgIpc) is 3.17. The lowest BCUT2D eigenvalue weighted by Gasteiger charge is -2.33. The SMILES string of the molecule is COc1ccc2c(OC3CCC(N4C(=O)CN(c5cccc(C(F)(F)F)c5)C4=O)CC3)ncnc2c1. The third kappa shape index (κ3) is 4.52. The molecule has 188 valence electrons. The molecule has 1 saturated carbocycles. The molecular weight excluding hydrogens is 477 g/mol. The molecule has 2 fully saturated rings. The minimum Gasteiger partial charge on any atom is -0.497 e. The van der Waals surface area contributed by atoms with Gasteiger partial charge in [-0.15, -0.1) is 0 Å². The molecule has 2 heterocycles. The van der Waals surface area contributed by atoms with Crippen molar-refractivity contribution in [3.63, 3.8) is 0 Å². The summed E-state index contributed by atoms with van der Waals surface area (Å²) < 4.78 is 50.7. The topological polar surface area (TPSA) is 84.9 Å². The molecule has 0 bridgehead atoms. The summed E-state index contributed by atoms with van der Waals surface area (Å²) in [7, 11) is 1.58. The molecule has 0 spiro atoms. The van der Waals surface area contributed by atoms with Gasteiger partial charge in [0, 0.05) is 17.8 Å². The van der Waals surface area contributed by atoms with E-state index in [2.05, 4.69) is 9.97 Å². The second kappa shape index (κ2) is 9.29. The summed E-state index contributed by atoms with van der Waals surface area (Å²) in [6.07, 6.45) is -1.05. The number of hydrogen-bond donors (Lipinski definition) is 0.